The maximum Gasteiger partial charge on any atom is 0.240 e. The van der Waals surface area contributed by atoms with Crippen LogP contribution in [-0.4, -0.2) is 40.3 Å². The number of halogens is 2. The van der Waals surface area contributed by atoms with Gasteiger partial charge in [0.05, 0.1) is 23.5 Å². The lowest BCUT2D eigenvalue weighted by Crippen LogP contribution is -2.41. The number of benzene rings is 2. The molecule has 0 bridgehead atoms. The van der Waals surface area contributed by atoms with Gasteiger partial charge in [-0.3, -0.25) is 9.10 Å². The van der Waals surface area contributed by atoms with Crippen LogP contribution in [0.4, 0.5) is 5.69 Å². The molecule has 0 unspecified atom stereocenters. The standard InChI is InChI=1S/C19H22Cl2N2O4S/c1-13-8-14(2)10-16(9-13)27-7-6-22-19(24)12-23(28(3,25)26)18-11-15(20)4-5-17(18)21/h4-5,8-11H,6-7,12H2,1-3H3,(H,22,24). The van der Waals surface area contributed by atoms with Crippen LogP contribution in [0.25, 0.3) is 0 Å². The van der Waals surface area contributed by atoms with E-state index in [2.05, 4.69) is 5.32 Å². The molecule has 0 aliphatic rings. The summed E-state index contributed by atoms with van der Waals surface area (Å²) in [6.07, 6.45) is 1.00. The normalized spacial score (nSPS) is 11.2. The highest BCUT2D eigenvalue weighted by Crippen LogP contribution is 2.30. The molecular weight excluding hydrogens is 423 g/mol. The molecule has 0 aromatic heterocycles. The van der Waals surface area contributed by atoms with Crippen molar-refractivity contribution in [1.82, 2.24) is 5.32 Å². The first-order valence-corrected chi connectivity index (χ1v) is 11.1. The molecule has 0 radical (unpaired) electrons. The van der Waals surface area contributed by atoms with Crippen molar-refractivity contribution >= 4 is 44.8 Å². The van der Waals surface area contributed by atoms with Crippen LogP contribution in [-0.2, 0) is 14.8 Å². The number of hydrogen-bond acceptors (Lipinski definition) is 4. The number of nitrogens with one attached hydrogen (secondary N) is 1. The van der Waals surface area contributed by atoms with Crippen LogP contribution in [0.1, 0.15) is 11.1 Å². The Morgan fingerprint density at radius 1 is 1.11 bits per heavy atom. The monoisotopic (exact) mass is 444 g/mol. The highest BCUT2D eigenvalue weighted by atomic mass is 35.5. The fraction of sp³-hybridized carbons (Fsp3) is 0.316. The second-order valence-corrected chi connectivity index (χ2v) is 9.14. The first-order valence-electron chi connectivity index (χ1n) is 8.47. The molecule has 1 N–H and O–H groups in total. The zero-order chi connectivity index (χ0) is 20.9. The predicted molar refractivity (Wildman–Crippen MR) is 113 cm³/mol. The summed E-state index contributed by atoms with van der Waals surface area (Å²) in [5.74, 6) is 0.237. The van der Waals surface area contributed by atoms with Gasteiger partial charge in [-0.1, -0.05) is 29.3 Å². The maximum atomic E-state index is 12.2. The Morgan fingerprint density at radius 2 is 1.75 bits per heavy atom. The minimum Gasteiger partial charge on any atom is -0.492 e. The van der Waals surface area contributed by atoms with Crippen LogP contribution in [0.2, 0.25) is 10.0 Å². The van der Waals surface area contributed by atoms with Gasteiger partial charge in [0.2, 0.25) is 15.9 Å². The Balaban J connectivity index is 1.96. The van der Waals surface area contributed by atoms with Crippen LogP contribution in [0.15, 0.2) is 36.4 Å². The Morgan fingerprint density at radius 3 is 2.36 bits per heavy atom. The van der Waals surface area contributed by atoms with Gasteiger partial charge in [0.1, 0.15) is 18.9 Å². The fourth-order valence-corrected chi connectivity index (χ4v) is 3.92. The lowest BCUT2D eigenvalue weighted by Gasteiger charge is -2.23. The van der Waals surface area contributed by atoms with E-state index in [1.54, 1.807) is 0 Å². The summed E-state index contributed by atoms with van der Waals surface area (Å²) in [5, 5.41) is 3.14. The van der Waals surface area contributed by atoms with Gasteiger partial charge >= 0.3 is 0 Å². The summed E-state index contributed by atoms with van der Waals surface area (Å²) in [4.78, 5) is 12.2. The van der Waals surface area contributed by atoms with E-state index in [1.165, 1.54) is 18.2 Å². The molecule has 0 saturated carbocycles. The molecule has 2 rings (SSSR count). The number of anilines is 1. The minimum atomic E-state index is -3.74. The number of carbonyl (C=O) groups excluding carboxylic acids is 1. The molecule has 0 atom stereocenters. The van der Waals surface area contributed by atoms with Gasteiger partial charge in [-0.05, 0) is 55.3 Å². The number of hydrogen-bond donors (Lipinski definition) is 1. The molecule has 0 heterocycles. The molecule has 152 valence electrons. The van der Waals surface area contributed by atoms with Gasteiger partial charge in [-0.2, -0.15) is 0 Å². The van der Waals surface area contributed by atoms with Crippen molar-refractivity contribution in [2.45, 2.75) is 13.8 Å². The molecule has 0 spiro atoms. The molecule has 1 amide bonds. The third-order valence-corrected chi connectivity index (χ3v) is 5.43. The fourth-order valence-electron chi connectivity index (χ4n) is 2.62. The van der Waals surface area contributed by atoms with E-state index in [9.17, 15) is 13.2 Å². The number of rotatable bonds is 8. The topological polar surface area (TPSA) is 75.7 Å². The summed E-state index contributed by atoms with van der Waals surface area (Å²) in [5.41, 5.74) is 2.32. The molecule has 2 aromatic carbocycles. The van der Waals surface area contributed by atoms with Crippen LogP contribution in [0.5, 0.6) is 5.75 Å². The van der Waals surface area contributed by atoms with Crippen LogP contribution in [0, 0.1) is 13.8 Å². The van der Waals surface area contributed by atoms with E-state index in [4.69, 9.17) is 27.9 Å². The molecule has 0 fully saturated rings. The number of nitrogens with zero attached hydrogens (tertiary/aromatic N) is 1. The van der Waals surface area contributed by atoms with E-state index in [0.717, 1.165) is 27.4 Å². The summed E-state index contributed by atoms with van der Waals surface area (Å²) in [6, 6.07) is 10.3. The van der Waals surface area contributed by atoms with Crippen molar-refractivity contribution in [3.8, 4) is 5.75 Å². The third-order valence-electron chi connectivity index (χ3n) is 3.75. The predicted octanol–water partition coefficient (Wildman–Crippen LogP) is 3.57. The SMILES string of the molecule is Cc1cc(C)cc(OCCNC(=O)CN(c2cc(Cl)ccc2Cl)S(C)(=O)=O)c1. The summed E-state index contributed by atoms with van der Waals surface area (Å²) >= 11 is 12.0. The second-order valence-electron chi connectivity index (χ2n) is 6.39. The average molecular weight is 445 g/mol. The summed E-state index contributed by atoms with van der Waals surface area (Å²) in [6.45, 7) is 4.02. The Hall–Kier alpha value is -1.96. The van der Waals surface area contributed by atoms with Crippen LogP contribution in [0.3, 0.4) is 0 Å². The molecule has 6 nitrogen and oxygen atoms in total. The number of amides is 1. The highest BCUT2D eigenvalue weighted by Gasteiger charge is 2.23. The zero-order valence-corrected chi connectivity index (χ0v) is 18.2. The maximum absolute atomic E-state index is 12.2. The Kier molecular flexibility index (Phi) is 7.57. The van der Waals surface area contributed by atoms with Crippen LogP contribution >= 0.6 is 23.2 Å². The highest BCUT2D eigenvalue weighted by molar-refractivity contribution is 7.92. The molecule has 0 aliphatic carbocycles. The van der Waals surface area contributed by atoms with Gasteiger partial charge in [0, 0.05) is 5.02 Å². The van der Waals surface area contributed by atoms with E-state index < -0.39 is 22.5 Å². The van der Waals surface area contributed by atoms with Crippen molar-refractivity contribution < 1.29 is 17.9 Å². The second kappa shape index (κ2) is 9.49. The number of ether oxygens (including phenoxy) is 1. The van der Waals surface area contributed by atoms with Crippen molar-refractivity contribution in [1.29, 1.82) is 0 Å². The average Bonchev–Trinajstić information content (AvgIpc) is 2.57. The van der Waals surface area contributed by atoms with Crippen LogP contribution < -0.4 is 14.4 Å². The summed E-state index contributed by atoms with van der Waals surface area (Å²) < 4.78 is 30.8. The first kappa shape index (κ1) is 22.3. The van der Waals surface area contributed by atoms with Crippen molar-refractivity contribution in [3.63, 3.8) is 0 Å². The van der Waals surface area contributed by atoms with Crippen molar-refractivity contribution in [2.24, 2.45) is 0 Å². The quantitative estimate of drug-likeness (QED) is 0.631. The molecule has 0 aliphatic heterocycles. The first-order chi connectivity index (χ1) is 13.1. The Labute approximate surface area is 175 Å². The molecule has 9 heteroatoms. The number of carbonyl (C=O) groups is 1. The largest absolute Gasteiger partial charge is 0.492 e. The van der Waals surface area contributed by atoms with Crippen molar-refractivity contribution in [3.05, 3.63) is 57.6 Å². The van der Waals surface area contributed by atoms with E-state index >= 15 is 0 Å². The van der Waals surface area contributed by atoms with E-state index in [0.29, 0.717) is 5.02 Å². The molecule has 0 saturated heterocycles. The molecular formula is C19H22Cl2N2O4S. The summed E-state index contributed by atoms with van der Waals surface area (Å²) in [7, 11) is -3.74. The lowest BCUT2D eigenvalue weighted by atomic mass is 10.1. The smallest absolute Gasteiger partial charge is 0.240 e. The van der Waals surface area contributed by atoms with Gasteiger partial charge < -0.3 is 10.1 Å². The zero-order valence-electron chi connectivity index (χ0n) is 15.8. The van der Waals surface area contributed by atoms with Gasteiger partial charge in [0.15, 0.2) is 0 Å². The van der Waals surface area contributed by atoms with Gasteiger partial charge in [-0.15, -0.1) is 0 Å². The van der Waals surface area contributed by atoms with Gasteiger partial charge in [-0.25, -0.2) is 8.42 Å². The number of sulfonamides is 1. The van der Waals surface area contributed by atoms with Gasteiger partial charge in [0.25, 0.3) is 0 Å². The van der Waals surface area contributed by atoms with E-state index in [1.807, 2.05) is 32.0 Å². The van der Waals surface area contributed by atoms with Crippen molar-refractivity contribution in [2.75, 3.05) is 30.3 Å². The minimum absolute atomic E-state index is 0.151. The van der Waals surface area contributed by atoms with E-state index in [-0.39, 0.29) is 23.9 Å². The lowest BCUT2D eigenvalue weighted by molar-refractivity contribution is -0.119. The number of aryl methyl sites for hydroxylation is 2. The third kappa shape index (κ3) is 6.58. The molecule has 2 aromatic rings. The Bertz CT molecular complexity index is 944. The molecule has 28 heavy (non-hydrogen) atoms.